The van der Waals surface area contributed by atoms with E-state index in [0.717, 1.165) is 31.2 Å². The lowest BCUT2D eigenvalue weighted by Crippen LogP contribution is -2.24. The zero-order valence-electron chi connectivity index (χ0n) is 12.2. The fourth-order valence-electron chi connectivity index (χ4n) is 3.28. The lowest BCUT2D eigenvalue weighted by Gasteiger charge is -2.34. The van der Waals surface area contributed by atoms with Gasteiger partial charge in [0.2, 0.25) is 0 Å². The smallest absolute Gasteiger partial charge is 0.124 e. The first-order chi connectivity index (χ1) is 9.14. The maximum atomic E-state index is 6.12. The molecule has 1 fully saturated rings. The van der Waals surface area contributed by atoms with Crippen molar-refractivity contribution in [2.75, 3.05) is 18.5 Å². The molecule has 2 nitrogen and oxygen atoms in total. The van der Waals surface area contributed by atoms with Crippen LogP contribution in [0.5, 0.6) is 5.75 Å². The fraction of sp³-hybridized carbons (Fsp3) is 0.647. The zero-order valence-corrected chi connectivity index (χ0v) is 12.2. The van der Waals surface area contributed by atoms with Crippen LogP contribution in [0.25, 0.3) is 0 Å². The van der Waals surface area contributed by atoms with Crippen molar-refractivity contribution in [2.45, 2.75) is 46.0 Å². The molecule has 1 aromatic carbocycles. The molecular formula is C17H25NO. The summed E-state index contributed by atoms with van der Waals surface area (Å²) in [6.07, 6.45) is 6.43. The van der Waals surface area contributed by atoms with Gasteiger partial charge in [-0.25, -0.2) is 0 Å². The third kappa shape index (κ3) is 2.88. The number of nitrogens with one attached hydrogen (secondary N) is 1. The SMILES string of the molecule is CC1(C)CCC(COc2cccc3c2CCN3)CC1. The molecule has 2 aliphatic rings. The highest BCUT2D eigenvalue weighted by molar-refractivity contribution is 5.61. The van der Waals surface area contributed by atoms with Crippen molar-refractivity contribution in [3.63, 3.8) is 0 Å². The van der Waals surface area contributed by atoms with Crippen molar-refractivity contribution in [1.82, 2.24) is 0 Å². The largest absolute Gasteiger partial charge is 0.493 e. The van der Waals surface area contributed by atoms with E-state index in [9.17, 15) is 0 Å². The predicted octanol–water partition coefficient (Wildman–Crippen LogP) is 4.25. The summed E-state index contributed by atoms with van der Waals surface area (Å²) in [6, 6.07) is 6.37. The molecule has 1 N–H and O–H groups in total. The van der Waals surface area contributed by atoms with Crippen molar-refractivity contribution in [3.05, 3.63) is 23.8 Å². The molecule has 3 rings (SSSR count). The van der Waals surface area contributed by atoms with Gasteiger partial charge in [-0.3, -0.25) is 0 Å². The van der Waals surface area contributed by atoms with Crippen molar-refractivity contribution in [1.29, 1.82) is 0 Å². The summed E-state index contributed by atoms with van der Waals surface area (Å²) >= 11 is 0. The monoisotopic (exact) mass is 259 g/mol. The summed E-state index contributed by atoms with van der Waals surface area (Å²) in [5, 5.41) is 3.41. The molecule has 2 heteroatoms. The lowest BCUT2D eigenvalue weighted by atomic mass is 9.73. The average Bonchev–Trinajstić information content (AvgIpc) is 2.86. The van der Waals surface area contributed by atoms with Crippen LogP contribution in [0.4, 0.5) is 5.69 Å². The van der Waals surface area contributed by atoms with Gasteiger partial charge in [0.05, 0.1) is 6.61 Å². The van der Waals surface area contributed by atoms with Crippen LogP contribution in [0.3, 0.4) is 0 Å². The van der Waals surface area contributed by atoms with E-state index in [1.165, 1.54) is 36.9 Å². The summed E-state index contributed by atoms with van der Waals surface area (Å²) in [5.74, 6) is 1.85. The first-order valence-electron chi connectivity index (χ1n) is 7.63. The van der Waals surface area contributed by atoms with Gasteiger partial charge in [-0.2, -0.15) is 0 Å². The second kappa shape index (κ2) is 5.07. The number of rotatable bonds is 3. The standard InChI is InChI=1S/C17H25NO/c1-17(2)9-6-13(7-10-17)12-19-16-5-3-4-15-14(16)8-11-18-15/h3-5,13,18H,6-12H2,1-2H3. The number of anilines is 1. The van der Waals surface area contributed by atoms with E-state index in [1.54, 1.807) is 0 Å². The van der Waals surface area contributed by atoms with Gasteiger partial charge >= 0.3 is 0 Å². The van der Waals surface area contributed by atoms with Gasteiger partial charge < -0.3 is 10.1 Å². The highest BCUT2D eigenvalue weighted by atomic mass is 16.5. The van der Waals surface area contributed by atoms with Crippen LogP contribution in [0, 0.1) is 11.3 Å². The topological polar surface area (TPSA) is 21.3 Å². The second-order valence-corrected chi connectivity index (χ2v) is 6.88. The Morgan fingerprint density at radius 2 is 2.05 bits per heavy atom. The van der Waals surface area contributed by atoms with Crippen LogP contribution in [-0.4, -0.2) is 13.2 Å². The summed E-state index contributed by atoms with van der Waals surface area (Å²) in [5.41, 5.74) is 3.19. The van der Waals surface area contributed by atoms with Crippen LogP contribution < -0.4 is 10.1 Å². The summed E-state index contributed by atoms with van der Waals surface area (Å²) < 4.78 is 6.12. The van der Waals surface area contributed by atoms with Crippen molar-refractivity contribution in [3.8, 4) is 5.75 Å². The van der Waals surface area contributed by atoms with Gasteiger partial charge in [-0.15, -0.1) is 0 Å². The van der Waals surface area contributed by atoms with Crippen molar-refractivity contribution in [2.24, 2.45) is 11.3 Å². The molecule has 1 saturated carbocycles. The zero-order chi connectivity index (χ0) is 13.3. The van der Waals surface area contributed by atoms with E-state index in [1.807, 2.05) is 0 Å². The molecule has 1 heterocycles. The third-order valence-electron chi connectivity index (χ3n) is 4.76. The number of ether oxygens (including phenoxy) is 1. The highest BCUT2D eigenvalue weighted by Gasteiger charge is 2.27. The van der Waals surface area contributed by atoms with Gasteiger partial charge in [-0.1, -0.05) is 19.9 Å². The predicted molar refractivity (Wildman–Crippen MR) is 79.9 cm³/mol. The maximum absolute atomic E-state index is 6.12. The molecule has 1 aliphatic carbocycles. The van der Waals surface area contributed by atoms with Crippen molar-refractivity contribution < 1.29 is 4.74 Å². The summed E-state index contributed by atoms with van der Waals surface area (Å²) in [7, 11) is 0. The molecule has 0 bridgehead atoms. The molecule has 0 spiro atoms. The number of hydrogen-bond acceptors (Lipinski definition) is 2. The fourth-order valence-corrected chi connectivity index (χ4v) is 3.28. The number of fused-ring (bicyclic) bond motifs is 1. The van der Waals surface area contributed by atoms with Crippen LogP contribution in [0.15, 0.2) is 18.2 Å². The molecular weight excluding hydrogens is 234 g/mol. The molecule has 0 aromatic heterocycles. The Hall–Kier alpha value is -1.18. The van der Waals surface area contributed by atoms with Crippen LogP contribution >= 0.6 is 0 Å². The minimum atomic E-state index is 0.550. The normalized spacial score (nSPS) is 21.8. The molecule has 1 aromatic rings. The first-order valence-corrected chi connectivity index (χ1v) is 7.63. The molecule has 0 radical (unpaired) electrons. The van der Waals surface area contributed by atoms with Gasteiger partial charge in [-0.05, 0) is 55.6 Å². The molecule has 0 unspecified atom stereocenters. The Bertz CT molecular complexity index is 443. The molecule has 0 saturated heterocycles. The minimum absolute atomic E-state index is 0.550. The van der Waals surface area contributed by atoms with Crippen LogP contribution in [0.1, 0.15) is 45.1 Å². The van der Waals surface area contributed by atoms with E-state index >= 15 is 0 Å². The van der Waals surface area contributed by atoms with Crippen LogP contribution in [-0.2, 0) is 6.42 Å². The number of benzene rings is 1. The van der Waals surface area contributed by atoms with E-state index in [4.69, 9.17) is 4.74 Å². The molecule has 1 aliphatic heterocycles. The Morgan fingerprint density at radius 1 is 1.26 bits per heavy atom. The Labute approximate surface area is 116 Å². The third-order valence-corrected chi connectivity index (χ3v) is 4.76. The molecule has 0 amide bonds. The van der Waals surface area contributed by atoms with Gasteiger partial charge in [0, 0.05) is 17.8 Å². The molecule has 104 valence electrons. The maximum Gasteiger partial charge on any atom is 0.124 e. The molecule has 0 atom stereocenters. The quantitative estimate of drug-likeness (QED) is 0.876. The number of hydrogen-bond donors (Lipinski definition) is 1. The van der Waals surface area contributed by atoms with Gasteiger partial charge in [0.15, 0.2) is 0 Å². The van der Waals surface area contributed by atoms with Crippen LogP contribution in [0.2, 0.25) is 0 Å². The first kappa shape index (κ1) is 12.8. The highest BCUT2D eigenvalue weighted by Crippen LogP contribution is 2.38. The van der Waals surface area contributed by atoms with Crippen molar-refractivity contribution >= 4 is 5.69 Å². The minimum Gasteiger partial charge on any atom is -0.493 e. The van der Waals surface area contributed by atoms with Gasteiger partial charge in [0.1, 0.15) is 5.75 Å². The van der Waals surface area contributed by atoms with E-state index < -0.39 is 0 Å². The lowest BCUT2D eigenvalue weighted by molar-refractivity contribution is 0.142. The Balaban J connectivity index is 1.57. The summed E-state index contributed by atoms with van der Waals surface area (Å²) in [6.45, 7) is 6.72. The average molecular weight is 259 g/mol. The Kier molecular flexibility index (Phi) is 3.42. The van der Waals surface area contributed by atoms with E-state index in [2.05, 4.69) is 37.4 Å². The van der Waals surface area contributed by atoms with E-state index in [0.29, 0.717) is 5.41 Å². The summed E-state index contributed by atoms with van der Waals surface area (Å²) in [4.78, 5) is 0. The second-order valence-electron chi connectivity index (χ2n) is 6.88. The Morgan fingerprint density at radius 3 is 2.84 bits per heavy atom. The molecule has 19 heavy (non-hydrogen) atoms. The van der Waals surface area contributed by atoms with Gasteiger partial charge in [0.25, 0.3) is 0 Å². The van der Waals surface area contributed by atoms with E-state index in [-0.39, 0.29) is 0 Å².